The van der Waals surface area contributed by atoms with E-state index in [1.165, 1.54) is 0 Å². The maximum atomic E-state index is 6.29. The van der Waals surface area contributed by atoms with Gasteiger partial charge in [-0.25, -0.2) is 0 Å². The monoisotopic (exact) mass is 319 g/mol. The van der Waals surface area contributed by atoms with Crippen molar-refractivity contribution in [2.75, 3.05) is 0 Å². The Kier molecular flexibility index (Phi) is 6.16. The Morgan fingerprint density at radius 1 is 1.14 bits per heavy atom. The molecule has 22 heavy (non-hydrogen) atoms. The van der Waals surface area contributed by atoms with Gasteiger partial charge in [0.2, 0.25) is 0 Å². The van der Waals surface area contributed by atoms with E-state index in [2.05, 4.69) is 85.0 Å². The first-order valence-corrected chi connectivity index (χ1v) is 11.2. The van der Waals surface area contributed by atoms with E-state index in [4.69, 9.17) is 9.41 Å². The Bertz CT molecular complexity index is 512. The van der Waals surface area contributed by atoms with Crippen molar-refractivity contribution >= 4 is 8.32 Å². The first-order valence-electron chi connectivity index (χ1n) is 8.27. The van der Waals surface area contributed by atoms with Crippen LogP contribution in [0, 0.1) is 0 Å². The van der Waals surface area contributed by atoms with Crippen molar-refractivity contribution in [3.05, 3.63) is 41.7 Å². The van der Waals surface area contributed by atoms with Crippen LogP contribution in [0.3, 0.4) is 0 Å². The zero-order chi connectivity index (χ0) is 17.0. The smallest absolute Gasteiger partial charge is 0.192 e. The first-order chi connectivity index (χ1) is 9.99. The van der Waals surface area contributed by atoms with Crippen LogP contribution in [0.2, 0.25) is 18.1 Å². The average Bonchev–Trinajstić information content (AvgIpc) is 2.42. The summed E-state index contributed by atoms with van der Waals surface area (Å²) < 4.78 is 6.29. The maximum absolute atomic E-state index is 6.29. The Labute approximate surface area is 138 Å². The van der Waals surface area contributed by atoms with Gasteiger partial charge in [0, 0.05) is 5.41 Å². The largest absolute Gasteiger partial charge is 0.411 e. The highest BCUT2D eigenvalue weighted by Crippen LogP contribution is 2.37. The van der Waals surface area contributed by atoms with Crippen molar-refractivity contribution in [2.45, 2.75) is 78.1 Å². The quantitative estimate of drug-likeness (QED) is 0.485. The van der Waals surface area contributed by atoms with Gasteiger partial charge < -0.3 is 4.43 Å². The van der Waals surface area contributed by atoms with Crippen molar-refractivity contribution in [2.24, 2.45) is 0 Å². The molecule has 1 rings (SSSR count). The van der Waals surface area contributed by atoms with Crippen LogP contribution in [0.4, 0.5) is 0 Å². The minimum absolute atomic E-state index is 0.0387. The second-order valence-corrected chi connectivity index (χ2v) is 12.9. The van der Waals surface area contributed by atoms with Crippen LogP contribution in [0.15, 0.2) is 30.4 Å². The molecule has 1 aromatic rings. The summed E-state index contributed by atoms with van der Waals surface area (Å²) in [4.78, 5) is 4.83. The summed E-state index contributed by atoms with van der Waals surface area (Å²) in [5.74, 6) is 0. The third kappa shape index (κ3) is 5.06. The first kappa shape index (κ1) is 19.1. The molecule has 0 fully saturated rings. The molecule has 0 radical (unpaired) electrons. The molecule has 1 heterocycles. The molecule has 2 nitrogen and oxygen atoms in total. The highest BCUT2D eigenvalue weighted by molar-refractivity contribution is 6.74. The van der Waals surface area contributed by atoms with Gasteiger partial charge >= 0.3 is 0 Å². The predicted octanol–water partition coefficient (Wildman–Crippen LogP) is 5.85. The SMILES string of the molecule is CC/C=C/C(C)(C)c1cccc(CO[Si](C)(C)C(C)(C)C)n1. The molecule has 0 aromatic carbocycles. The summed E-state index contributed by atoms with van der Waals surface area (Å²) in [6, 6.07) is 6.26. The molecule has 0 saturated heterocycles. The molecule has 0 amide bonds. The molecular formula is C19H33NOSi. The lowest BCUT2D eigenvalue weighted by molar-refractivity contribution is 0.271. The molecule has 3 heteroatoms. The molecule has 0 aliphatic heterocycles. The normalized spacial score (nSPS) is 13.8. The molecule has 0 saturated carbocycles. The van der Waals surface area contributed by atoms with Gasteiger partial charge in [-0.1, -0.05) is 59.8 Å². The number of pyridine rings is 1. The second-order valence-electron chi connectivity index (χ2n) is 8.10. The Morgan fingerprint density at radius 2 is 1.77 bits per heavy atom. The molecular weight excluding hydrogens is 286 g/mol. The molecule has 1 aromatic heterocycles. The molecule has 0 atom stereocenters. The van der Waals surface area contributed by atoms with Crippen LogP contribution >= 0.6 is 0 Å². The van der Waals surface area contributed by atoms with Crippen molar-refractivity contribution in [1.29, 1.82) is 0 Å². The number of allylic oxidation sites excluding steroid dienone is 2. The van der Waals surface area contributed by atoms with Crippen LogP contribution in [0.25, 0.3) is 0 Å². The number of aromatic nitrogens is 1. The van der Waals surface area contributed by atoms with Gasteiger partial charge in [0.15, 0.2) is 8.32 Å². The lowest BCUT2D eigenvalue weighted by Gasteiger charge is -2.36. The topological polar surface area (TPSA) is 22.1 Å². The Morgan fingerprint density at radius 3 is 2.32 bits per heavy atom. The molecule has 0 bridgehead atoms. The molecule has 0 N–H and O–H groups in total. The van der Waals surface area contributed by atoms with Crippen molar-refractivity contribution in [1.82, 2.24) is 4.98 Å². The van der Waals surface area contributed by atoms with Crippen molar-refractivity contribution in [3.8, 4) is 0 Å². The van der Waals surface area contributed by atoms with E-state index >= 15 is 0 Å². The number of rotatable bonds is 6. The van der Waals surface area contributed by atoms with Crippen LogP contribution in [0.1, 0.15) is 59.4 Å². The van der Waals surface area contributed by atoms with Crippen LogP contribution in [-0.4, -0.2) is 13.3 Å². The van der Waals surface area contributed by atoms with E-state index in [0.29, 0.717) is 6.61 Å². The Hall–Kier alpha value is -0.933. The van der Waals surface area contributed by atoms with Gasteiger partial charge in [0.05, 0.1) is 18.0 Å². The molecule has 0 aliphatic rings. The van der Waals surface area contributed by atoms with Gasteiger partial charge in [-0.05, 0) is 36.7 Å². The number of hydrogen-bond donors (Lipinski definition) is 0. The summed E-state index contributed by atoms with van der Waals surface area (Å²) in [6.07, 6.45) is 5.51. The third-order valence-corrected chi connectivity index (χ3v) is 9.10. The van der Waals surface area contributed by atoms with E-state index in [1.807, 2.05) is 0 Å². The van der Waals surface area contributed by atoms with Crippen LogP contribution in [0.5, 0.6) is 0 Å². The predicted molar refractivity (Wildman–Crippen MR) is 98.7 cm³/mol. The minimum Gasteiger partial charge on any atom is -0.411 e. The summed E-state index contributed by atoms with van der Waals surface area (Å²) in [6.45, 7) is 18.5. The zero-order valence-electron chi connectivity index (χ0n) is 15.7. The van der Waals surface area contributed by atoms with Crippen molar-refractivity contribution in [3.63, 3.8) is 0 Å². The van der Waals surface area contributed by atoms with Gasteiger partial charge in [0.1, 0.15) is 0 Å². The molecule has 124 valence electrons. The summed E-state index contributed by atoms with van der Waals surface area (Å²) >= 11 is 0. The summed E-state index contributed by atoms with van der Waals surface area (Å²) in [5, 5.41) is 0.230. The average molecular weight is 320 g/mol. The lowest BCUT2D eigenvalue weighted by atomic mass is 9.88. The standard InChI is InChI=1S/C19H33NOSi/c1-9-10-14-19(5,6)17-13-11-12-16(20-17)15-21-22(7,8)18(2,3)4/h10-14H,9,15H2,1-8H3/b14-10+. The van der Waals surface area contributed by atoms with Gasteiger partial charge in [-0.15, -0.1) is 0 Å². The minimum atomic E-state index is -1.73. The molecule has 0 unspecified atom stereocenters. The lowest BCUT2D eigenvalue weighted by Crippen LogP contribution is -2.40. The fourth-order valence-electron chi connectivity index (χ4n) is 1.89. The molecule has 0 aliphatic carbocycles. The summed E-state index contributed by atoms with van der Waals surface area (Å²) in [7, 11) is -1.73. The van der Waals surface area contributed by atoms with E-state index in [0.717, 1.165) is 17.8 Å². The fourth-order valence-corrected chi connectivity index (χ4v) is 2.83. The van der Waals surface area contributed by atoms with E-state index in [9.17, 15) is 0 Å². The summed E-state index contributed by atoms with van der Waals surface area (Å²) in [5.41, 5.74) is 2.09. The highest BCUT2D eigenvalue weighted by atomic mass is 28.4. The number of hydrogen-bond acceptors (Lipinski definition) is 2. The van der Waals surface area contributed by atoms with Crippen LogP contribution in [-0.2, 0) is 16.4 Å². The Balaban J connectivity index is 2.88. The van der Waals surface area contributed by atoms with Gasteiger partial charge in [-0.3, -0.25) is 4.98 Å². The highest BCUT2D eigenvalue weighted by Gasteiger charge is 2.37. The van der Waals surface area contributed by atoms with E-state index < -0.39 is 8.32 Å². The van der Waals surface area contributed by atoms with E-state index in [-0.39, 0.29) is 10.5 Å². The third-order valence-electron chi connectivity index (χ3n) is 4.62. The fraction of sp³-hybridized carbons (Fsp3) is 0.632. The van der Waals surface area contributed by atoms with E-state index in [1.54, 1.807) is 0 Å². The molecule has 0 spiro atoms. The van der Waals surface area contributed by atoms with Gasteiger partial charge in [0.25, 0.3) is 0 Å². The van der Waals surface area contributed by atoms with Crippen molar-refractivity contribution < 1.29 is 4.43 Å². The second kappa shape index (κ2) is 7.09. The number of nitrogens with zero attached hydrogens (tertiary/aromatic N) is 1. The van der Waals surface area contributed by atoms with Crippen LogP contribution < -0.4 is 0 Å². The maximum Gasteiger partial charge on any atom is 0.192 e. The zero-order valence-corrected chi connectivity index (χ0v) is 16.7. The van der Waals surface area contributed by atoms with Gasteiger partial charge in [-0.2, -0.15) is 0 Å².